The molecule has 5 heteroatoms. The summed E-state index contributed by atoms with van der Waals surface area (Å²) >= 11 is 0. The van der Waals surface area contributed by atoms with Crippen molar-refractivity contribution in [2.24, 2.45) is 0 Å². The van der Waals surface area contributed by atoms with Gasteiger partial charge in [-0.1, -0.05) is 6.07 Å². The van der Waals surface area contributed by atoms with E-state index in [0.29, 0.717) is 18.7 Å². The standard InChI is InChI=1S/C14H23NO4/c1-11(6-7-16)15-9-12(17)10-19-14-5-3-4-13(8-14)18-2/h3-5,8,11-12,15-17H,6-7,9-10H2,1-2H3/t11-,12+/m0/s1. The van der Waals surface area contributed by atoms with Gasteiger partial charge < -0.3 is 25.0 Å². The molecule has 0 aliphatic rings. The van der Waals surface area contributed by atoms with E-state index in [-0.39, 0.29) is 19.3 Å². The lowest BCUT2D eigenvalue weighted by Gasteiger charge is -2.17. The van der Waals surface area contributed by atoms with Crippen LogP contribution in [-0.4, -0.2) is 49.2 Å². The minimum absolute atomic E-state index is 0.143. The zero-order chi connectivity index (χ0) is 14.1. The van der Waals surface area contributed by atoms with Crippen LogP contribution in [0.3, 0.4) is 0 Å². The van der Waals surface area contributed by atoms with E-state index in [9.17, 15) is 5.11 Å². The van der Waals surface area contributed by atoms with E-state index in [1.54, 1.807) is 13.2 Å². The minimum Gasteiger partial charge on any atom is -0.497 e. The molecule has 2 atom stereocenters. The quantitative estimate of drug-likeness (QED) is 0.618. The molecule has 0 spiro atoms. The lowest BCUT2D eigenvalue weighted by molar-refractivity contribution is 0.103. The van der Waals surface area contributed by atoms with Gasteiger partial charge in [0.1, 0.15) is 24.2 Å². The van der Waals surface area contributed by atoms with Crippen molar-refractivity contribution in [1.82, 2.24) is 5.32 Å². The number of aliphatic hydroxyl groups is 2. The van der Waals surface area contributed by atoms with Crippen LogP contribution in [0.4, 0.5) is 0 Å². The fraction of sp³-hybridized carbons (Fsp3) is 0.571. The Kier molecular flexibility index (Phi) is 7.25. The second-order valence-electron chi connectivity index (χ2n) is 4.47. The Labute approximate surface area is 114 Å². The molecule has 19 heavy (non-hydrogen) atoms. The average Bonchev–Trinajstić information content (AvgIpc) is 2.43. The molecule has 0 unspecified atom stereocenters. The Morgan fingerprint density at radius 2 is 2.05 bits per heavy atom. The molecule has 0 fully saturated rings. The molecule has 0 aliphatic carbocycles. The maximum atomic E-state index is 9.77. The van der Waals surface area contributed by atoms with Gasteiger partial charge in [-0.15, -0.1) is 0 Å². The summed E-state index contributed by atoms with van der Waals surface area (Å²) < 4.78 is 10.6. The van der Waals surface area contributed by atoms with E-state index in [1.807, 2.05) is 25.1 Å². The minimum atomic E-state index is -0.590. The average molecular weight is 269 g/mol. The number of hydrogen-bond acceptors (Lipinski definition) is 5. The van der Waals surface area contributed by atoms with Crippen LogP contribution < -0.4 is 14.8 Å². The van der Waals surface area contributed by atoms with Gasteiger partial charge in [-0.3, -0.25) is 0 Å². The number of benzene rings is 1. The third kappa shape index (κ3) is 6.42. The van der Waals surface area contributed by atoms with Crippen molar-refractivity contribution in [3.63, 3.8) is 0 Å². The highest BCUT2D eigenvalue weighted by Crippen LogP contribution is 2.18. The van der Waals surface area contributed by atoms with E-state index >= 15 is 0 Å². The summed E-state index contributed by atoms with van der Waals surface area (Å²) in [7, 11) is 1.60. The van der Waals surface area contributed by atoms with Crippen molar-refractivity contribution in [1.29, 1.82) is 0 Å². The van der Waals surface area contributed by atoms with Crippen molar-refractivity contribution < 1.29 is 19.7 Å². The number of nitrogens with one attached hydrogen (secondary N) is 1. The molecule has 0 radical (unpaired) electrons. The van der Waals surface area contributed by atoms with Gasteiger partial charge in [0.05, 0.1) is 7.11 Å². The topological polar surface area (TPSA) is 71.0 Å². The SMILES string of the molecule is COc1cccc(OC[C@H](O)CN[C@@H](C)CCO)c1. The van der Waals surface area contributed by atoms with Crippen LogP contribution >= 0.6 is 0 Å². The lowest BCUT2D eigenvalue weighted by Crippen LogP contribution is -2.37. The molecule has 0 bridgehead atoms. The highest BCUT2D eigenvalue weighted by molar-refractivity contribution is 5.32. The van der Waals surface area contributed by atoms with Crippen molar-refractivity contribution in [3.8, 4) is 11.5 Å². The fourth-order valence-electron chi connectivity index (χ4n) is 1.58. The van der Waals surface area contributed by atoms with Crippen LogP contribution in [0.15, 0.2) is 24.3 Å². The Hall–Kier alpha value is -1.30. The summed E-state index contributed by atoms with van der Waals surface area (Å²) in [5.74, 6) is 1.39. The summed E-state index contributed by atoms with van der Waals surface area (Å²) in [5, 5.41) is 21.7. The molecular formula is C14H23NO4. The first-order valence-corrected chi connectivity index (χ1v) is 6.45. The van der Waals surface area contributed by atoms with Crippen LogP contribution in [-0.2, 0) is 0 Å². The molecule has 1 aromatic rings. The molecule has 0 amide bonds. The first-order valence-electron chi connectivity index (χ1n) is 6.45. The van der Waals surface area contributed by atoms with E-state index in [0.717, 1.165) is 5.75 Å². The number of aliphatic hydroxyl groups excluding tert-OH is 2. The maximum Gasteiger partial charge on any atom is 0.123 e. The molecule has 5 nitrogen and oxygen atoms in total. The molecule has 1 rings (SSSR count). The molecule has 108 valence electrons. The van der Waals surface area contributed by atoms with Gasteiger partial charge in [0.25, 0.3) is 0 Å². The second kappa shape index (κ2) is 8.74. The molecule has 0 aliphatic heterocycles. The van der Waals surface area contributed by atoms with Gasteiger partial charge in [0, 0.05) is 25.3 Å². The smallest absolute Gasteiger partial charge is 0.123 e. The third-order valence-corrected chi connectivity index (χ3v) is 2.75. The van der Waals surface area contributed by atoms with Crippen molar-refractivity contribution in [2.75, 3.05) is 26.9 Å². The third-order valence-electron chi connectivity index (χ3n) is 2.75. The highest BCUT2D eigenvalue weighted by Gasteiger charge is 2.08. The van der Waals surface area contributed by atoms with Crippen molar-refractivity contribution in [3.05, 3.63) is 24.3 Å². The zero-order valence-corrected chi connectivity index (χ0v) is 11.5. The summed E-state index contributed by atoms with van der Waals surface area (Å²) in [6.45, 7) is 2.76. The van der Waals surface area contributed by atoms with Gasteiger partial charge in [-0.25, -0.2) is 0 Å². The van der Waals surface area contributed by atoms with Crippen molar-refractivity contribution in [2.45, 2.75) is 25.5 Å². The van der Waals surface area contributed by atoms with Gasteiger partial charge in [0.2, 0.25) is 0 Å². The Balaban J connectivity index is 2.27. The summed E-state index contributed by atoms with van der Waals surface area (Å²) in [4.78, 5) is 0. The van der Waals surface area contributed by atoms with Crippen LogP contribution in [0.1, 0.15) is 13.3 Å². The molecule has 0 heterocycles. The summed E-state index contributed by atoms with van der Waals surface area (Å²) in [6.07, 6.45) is 0.0797. The van der Waals surface area contributed by atoms with Gasteiger partial charge in [-0.05, 0) is 25.5 Å². The zero-order valence-electron chi connectivity index (χ0n) is 11.5. The predicted molar refractivity (Wildman–Crippen MR) is 73.7 cm³/mol. The lowest BCUT2D eigenvalue weighted by atomic mass is 10.2. The highest BCUT2D eigenvalue weighted by atomic mass is 16.5. The number of ether oxygens (including phenoxy) is 2. The first-order chi connectivity index (χ1) is 9.15. The molecule has 3 N–H and O–H groups in total. The van der Waals surface area contributed by atoms with E-state index in [1.165, 1.54) is 0 Å². The van der Waals surface area contributed by atoms with Crippen LogP contribution in [0, 0.1) is 0 Å². The summed E-state index contributed by atoms with van der Waals surface area (Å²) in [6, 6.07) is 7.44. The monoisotopic (exact) mass is 269 g/mol. The molecule has 0 aromatic heterocycles. The fourth-order valence-corrected chi connectivity index (χ4v) is 1.58. The Morgan fingerprint density at radius 3 is 2.74 bits per heavy atom. The predicted octanol–water partition coefficient (Wildman–Crippen LogP) is 0.795. The molecule has 0 saturated heterocycles. The van der Waals surface area contributed by atoms with Gasteiger partial charge >= 0.3 is 0 Å². The van der Waals surface area contributed by atoms with E-state index in [2.05, 4.69) is 5.32 Å². The van der Waals surface area contributed by atoms with E-state index in [4.69, 9.17) is 14.6 Å². The van der Waals surface area contributed by atoms with Gasteiger partial charge in [0.15, 0.2) is 0 Å². The number of methoxy groups -OCH3 is 1. The molecule has 1 aromatic carbocycles. The molecule has 0 saturated carbocycles. The Morgan fingerprint density at radius 1 is 1.32 bits per heavy atom. The largest absolute Gasteiger partial charge is 0.497 e. The maximum absolute atomic E-state index is 9.77. The molecular weight excluding hydrogens is 246 g/mol. The van der Waals surface area contributed by atoms with E-state index < -0.39 is 6.10 Å². The normalized spacial score (nSPS) is 13.9. The number of hydrogen-bond donors (Lipinski definition) is 3. The van der Waals surface area contributed by atoms with Gasteiger partial charge in [-0.2, -0.15) is 0 Å². The first kappa shape index (κ1) is 15.8. The van der Waals surface area contributed by atoms with Crippen LogP contribution in [0.5, 0.6) is 11.5 Å². The number of rotatable bonds is 9. The van der Waals surface area contributed by atoms with Crippen molar-refractivity contribution >= 4 is 0 Å². The van der Waals surface area contributed by atoms with Crippen LogP contribution in [0.25, 0.3) is 0 Å². The summed E-state index contributed by atoms with van der Waals surface area (Å²) in [5.41, 5.74) is 0. The van der Waals surface area contributed by atoms with Crippen LogP contribution in [0.2, 0.25) is 0 Å². The Bertz CT molecular complexity index is 359. The second-order valence-corrected chi connectivity index (χ2v) is 4.47.